The molecule has 0 aliphatic heterocycles. The van der Waals surface area contributed by atoms with Crippen LogP contribution in [0.2, 0.25) is 0 Å². The van der Waals surface area contributed by atoms with Crippen LogP contribution in [0.1, 0.15) is 26.7 Å². The van der Waals surface area contributed by atoms with E-state index in [9.17, 15) is 10.1 Å². The van der Waals surface area contributed by atoms with Crippen LogP contribution in [-0.2, 0) is 0 Å². The van der Waals surface area contributed by atoms with Crippen LogP contribution >= 0.6 is 11.7 Å². The third-order valence-electron chi connectivity index (χ3n) is 3.26. The normalized spacial score (nSPS) is 11.2. The van der Waals surface area contributed by atoms with Gasteiger partial charge in [0.25, 0.3) is 5.69 Å². The van der Waals surface area contributed by atoms with Crippen LogP contribution in [-0.4, -0.2) is 27.3 Å². The molecule has 0 atom stereocenters. The van der Waals surface area contributed by atoms with E-state index in [4.69, 9.17) is 0 Å². The molecule has 2 rings (SSSR count). The summed E-state index contributed by atoms with van der Waals surface area (Å²) in [6, 6.07) is 3.27. The van der Waals surface area contributed by atoms with Crippen molar-refractivity contribution in [3.63, 3.8) is 0 Å². The number of fused-ring (bicyclic) bond motifs is 1. The quantitative estimate of drug-likeness (QED) is 0.602. The second-order valence-electron chi connectivity index (χ2n) is 5.28. The molecule has 0 bridgehead atoms. The van der Waals surface area contributed by atoms with Crippen LogP contribution in [0.25, 0.3) is 11.0 Å². The Hall–Kier alpha value is -1.76. The molecule has 0 fully saturated rings. The molecule has 1 heterocycles. The van der Waals surface area contributed by atoms with E-state index in [-0.39, 0.29) is 5.69 Å². The predicted octanol–water partition coefficient (Wildman–Crippen LogP) is 3.47. The molecular weight excluding hydrogens is 276 g/mol. The van der Waals surface area contributed by atoms with Gasteiger partial charge in [-0.2, -0.15) is 8.75 Å². The van der Waals surface area contributed by atoms with E-state index < -0.39 is 4.92 Å². The summed E-state index contributed by atoms with van der Waals surface area (Å²) >= 11 is 1.01. The molecule has 0 N–H and O–H groups in total. The summed E-state index contributed by atoms with van der Waals surface area (Å²) in [6.07, 6.45) is 2.25. The zero-order chi connectivity index (χ0) is 14.7. The van der Waals surface area contributed by atoms with E-state index in [0.717, 1.165) is 36.8 Å². The molecule has 2 aromatic rings. The summed E-state index contributed by atoms with van der Waals surface area (Å²) < 4.78 is 8.26. The number of nitro benzene ring substituents is 1. The van der Waals surface area contributed by atoms with Gasteiger partial charge in [0.1, 0.15) is 5.52 Å². The third-order valence-corrected chi connectivity index (χ3v) is 3.78. The first kappa shape index (κ1) is 14.6. The lowest BCUT2D eigenvalue weighted by Gasteiger charge is -2.19. The van der Waals surface area contributed by atoms with Crippen molar-refractivity contribution in [3.8, 4) is 0 Å². The number of nitro groups is 1. The van der Waals surface area contributed by atoms with Crippen molar-refractivity contribution in [1.29, 1.82) is 0 Å². The first-order valence-electron chi connectivity index (χ1n) is 6.61. The molecular formula is C13H18N4O2S. The van der Waals surface area contributed by atoms with Gasteiger partial charge >= 0.3 is 0 Å². The van der Waals surface area contributed by atoms with Crippen molar-refractivity contribution in [2.75, 3.05) is 18.5 Å². The highest BCUT2D eigenvalue weighted by atomic mass is 32.1. The van der Waals surface area contributed by atoms with Crippen molar-refractivity contribution in [2.24, 2.45) is 5.92 Å². The van der Waals surface area contributed by atoms with Gasteiger partial charge < -0.3 is 4.90 Å². The highest BCUT2D eigenvalue weighted by molar-refractivity contribution is 7.00. The van der Waals surface area contributed by atoms with Crippen LogP contribution in [0.4, 0.5) is 11.4 Å². The number of rotatable bonds is 6. The Morgan fingerprint density at radius 1 is 1.35 bits per heavy atom. The lowest BCUT2D eigenvalue weighted by Crippen LogP contribution is -2.19. The lowest BCUT2D eigenvalue weighted by atomic mass is 10.1. The minimum absolute atomic E-state index is 0.0214. The molecule has 0 aliphatic rings. The van der Waals surface area contributed by atoms with Crippen molar-refractivity contribution >= 4 is 34.1 Å². The van der Waals surface area contributed by atoms with Gasteiger partial charge in [0.15, 0.2) is 5.52 Å². The summed E-state index contributed by atoms with van der Waals surface area (Å²) in [7, 11) is 1.99. The molecule has 0 saturated heterocycles. The Morgan fingerprint density at radius 2 is 2.05 bits per heavy atom. The van der Waals surface area contributed by atoms with Crippen LogP contribution in [0.15, 0.2) is 12.1 Å². The minimum atomic E-state index is -0.410. The molecule has 0 radical (unpaired) electrons. The fourth-order valence-corrected chi connectivity index (χ4v) is 2.72. The van der Waals surface area contributed by atoms with Crippen LogP contribution < -0.4 is 4.90 Å². The molecule has 0 amide bonds. The number of nitrogens with zero attached hydrogens (tertiary/aromatic N) is 4. The Labute approximate surface area is 121 Å². The molecule has 1 aromatic carbocycles. The molecule has 1 aromatic heterocycles. The number of hydrogen-bond acceptors (Lipinski definition) is 6. The van der Waals surface area contributed by atoms with Crippen LogP contribution in [0, 0.1) is 16.0 Å². The number of non-ortho nitro benzene ring substituents is 1. The molecule has 0 unspecified atom stereocenters. The average molecular weight is 294 g/mol. The van der Waals surface area contributed by atoms with Crippen molar-refractivity contribution in [3.05, 3.63) is 22.2 Å². The van der Waals surface area contributed by atoms with Gasteiger partial charge in [-0.25, -0.2) is 0 Å². The zero-order valence-electron chi connectivity index (χ0n) is 11.9. The molecule has 0 spiro atoms. The van der Waals surface area contributed by atoms with Gasteiger partial charge in [0, 0.05) is 19.7 Å². The fourth-order valence-electron chi connectivity index (χ4n) is 2.15. The standard InChI is InChI=1S/C13H18N4O2S/c1-9(2)5-4-8-16(3)10-6-7-11(17(18)19)13-12(10)14-20-15-13/h6-7,9H,4-5,8H2,1-3H3. The fraction of sp³-hybridized carbons (Fsp3) is 0.538. The van der Waals surface area contributed by atoms with Crippen LogP contribution in [0.3, 0.4) is 0 Å². The largest absolute Gasteiger partial charge is 0.373 e. The van der Waals surface area contributed by atoms with Gasteiger partial charge in [-0.15, -0.1) is 0 Å². The van der Waals surface area contributed by atoms with E-state index in [2.05, 4.69) is 27.5 Å². The van der Waals surface area contributed by atoms with E-state index in [0.29, 0.717) is 17.0 Å². The highest BCUT2D eigenvalue weighted by Gasteiger charge is 2.19. The van der Waals surface area contributed by atoms with Crippen molar-refractivity contribution in [1.82, 2.24) is 8.75 Å². The van der Waals surface area contributed by atoms with E-state index in [1.807, 2.05) is 7.05 Å². The van der Waals surface area contributed by atoms with Gasteiger partial charge in [0.05, 0.1) is 22.3 Å². The first-order valence-corrected chi connectivity index (χ1v) is 7.34. The first-order chi connectivity index (χ1) is 9.50. The molecule has 6 nitrogen and oxygen atoms in total. The summed E-state index contributed by atoms with van der Waals surface area (Å²) in [6.45, 7) is 5.31. The Kier molecular flexibility index (Phi) is 4.49. The zero-order valence-corrected chi connectivity index (χ0v) is 12.7. The number of benzene rings is 1. The number of anilines is 1. The number of hydrogen-bond donors (Lipinski definition) is 0. The number of aromatic nitrogens is 2. The summed E-state index contributed by atoms with van der Waals surface area (Å²) in [4.78, 5) is 12.7. The van der Waals surface area contributed by atoms with Gasteiger partial charge in [-0.05, 0) is 24.8 Å². The van der Waals surface area contributed by atoms with Gasteiger partial charge in [-0.1, -0.05) is 13.8 Å². The second-order valence-corrected chi connectivity index (χ2v) is 5.81. The van der Waals surface area contributed by atoms with Gasteiger partial charge in [0.2, 0.25) is 0 Å². The Bertz CT molecular complexity index is 611. The molecule has 20 heavy (non-hydrogen) atoms. The molecule has 108 valence electrons. The summed E-state index contributed by atoms with van der Waals surface area (Å²) in [5.74, 6) is 0.682. The average Bonchev–Trinajstić information content (AvgIpc) is 2.85. The Morgan fingerprint density at radius 3 is 2.70 bits per heavy atom. The maximum absolute atomic E-state index is 11.0. The Balaban J connectivity index is 2.24. The topological polar surface area (TPSA) is 72.2 Å². The maximum atomic E-state index is 11.0. The molecule has 7 heteroatoms. The van der Waals surface area contributed by atoms with E-state index >= 15 is 0 Å². The second kappa shape index (κ2) is 6.13. The molecule has 0 aliphatic carbocycles. The summed E-state index contributed by atoms with van der Waals surface area (Å²) in [5, 5.41) is 11.0. The monoisotopic (exact) mass is 294 g/mol. The summed E-state index contributed by atoms with van der Waals surface area (Å²) in [5.41, 5.74) is 1.93. The van der Waals surface area contributed by atoms with Crippen LogP contribution in [0.5, 0.6) is 0 Å². The smallest absolute Gasteiger partial charge is 0.298 e. The predicted molar refractivity (Wildman–Crippen MR) is 81.4 cm³/mol. The SMILES string of the molecule is CC(C)CCCN(C)c1ccc([N+](=O)[O-])c2nsnc12. The molecule has 0 saturated carbocycles. The minimum Gasteiger partial charge on any atom is -0.373 e. The maximum Gasteiger partial charge on any atom is 0.298 e. The van der Waals surface area contributed by atoms with Crippen molar-refractivity contribution < 1.29 is 4.92 Å². The van der Waals surface area contributed by atoms with E-state index in [1.165, 1.54) is 6.07 Å². The van der Waals surface area contributed by atoms with E-state index in [1.54, 1.807) is 6.07 Å². The van der Waals surface area contributed by atoms with Crippen molar-refractivity contribution in [2.45, 2.75) is 26.7 Å². The third kappa shape index (κ3) is 3.04. The van der Waals surface area contributed by atoms with Gasteiger partial charge in [-0.3, -0.25) is 10.1 Å². The highest BCUT2D eigenvalue weighted by Crippen LogP contribution is 2.31. The lowest BCUT2D eigenvalue weighted by molar-refractivity contribution is -0.383.